The summed E-state index contributed by atoms with van der Waals surface area (Å²) < 4.78 is 12.2. The van der Waals surface area contributed by atoms with Gasteiger partial charge in [-0.15, -0.1) is 0 Å². The standard InChI is InChI=1S/C29H29ClN2O3S2/c1-3-31(4-2)18-5-19-34-24-12-6-21(7-13-24)20-27-28(33)32(29(36)37-27)23-10-16-26(17-11-23)35-25-14-8-22(30)9-15-25/h6-17,20H,3-5,18-19H2,1-2H3. The Labute approximate surface area is 233 Å². The molecule has 1 heterocycles. The molecule has 4 rings (SSSR count). The summed E-state index contributed by atoms with van der Waals surface area (Å²) in [6.45, 7) is 8.17. The number of nitrogens with zero attached hydrogens (tertiary/aromatic N) is 2. The molecule has 0 unspecified atom stereocenters. The highest BCUT2D eigenvalue weighted by atomic mass is 35.5. The number of halogens is 1. The fourth-order valence-corrected chi connectivity index (χ4v) is 5.25. The van der Waals surface area contributed by atoms with E-state index in [9.17, 15) is 4.79 Å². The van der Waals surface area contributed by atoms with Gasteiger partial charge in [0.2, 0.25) is 0 Å². The summed E-state index contributed by atoms with van der Waals surface area (Å²) in [5.74, 6) is 2.02. The zero-order valence-corrected chi connectivity index (χ0v) is 23.2. The number of benzene rings is 3. The van der Waals surface area contributed by atoms with Gasteiger partial charge in [-0.3, -0.25) is 9.69 Å². The molecule has 0 radical (unpaired) electrons. The average Bonchev–Trinajstić information content (AvgIpc) is 3.19. The first-order valence-corrected chi connectivity index (χ1v) is 13.8. The third-order valence-corrected chi connectivity index (χ3v) is 7.45. The summed E-state index contributed by atoms with van der Waals surface area (Å²) in [5, 5.41) is 0.649. The largest absolute Gasteiger partial charge is 0.494 e. The van der Waals surface area contributed by atoms with Crippen molar-refractivity contribution in [3.05, 3.63) is 88.3 Å². The van der Waals surface area contributed by atoms with E-state index in [2.05, 4.69) is 18.7 Å². The van der Waals surface area contributed by atoms with E-state index in [-0.39, 0.29) is 5.91 Å². The van der Waals surface area contributed by atoms with Gasteiger partial charge in [0.25, 0.3) is 5.91 Å². The Kier molecular flexibility index (Phi) is 9.63. The Bertz CT molecular complexity index is 1240. The average molecular weight is 553 g/mol. The van der Waals surface area contributed by atoms with E-state index in [1.165, 1.54) is 11.8 Å². The monoisotopic (exact) mass is 552 g/mol. The predicted molar refractivity (Wildman–Crippen MR) is 158 cm³/mol. The molecule has 0 atom stereocenters. The number of carbonyl (C=O) groups excluding carboxylic acids is 1. The number of hydrogen-bond acceptors (Lipinski definition) is 6. The lowest BCUT2D eigenvalue weighted by atomic mass is 10.2. The van der Waals surface area contributed by atoms with Crippen LogP contribution in [0.3, 0.4) is 0 Å². The van der Waals surface area contributed by atoms with Crippen molar-refractivity contribution in [1.29, 1.82) is 0 Å². The minimum absolute atomic E-state index is 0.141. The number of thioether (sulfide) groups is 1. The number of amides is 1. The molecule has 1 saturated heterocycles. The van der Waals surface area contributed by atoms with Crippen LogP contribution in [0.25, 0.3) is 6.08 Å². The van der Waals surface area contributed by atoms with E-state index in [1.54, 1.807) is 29.2 Å². The first-order valence-electron chi connectivity index (χ1n) is 12.2. The van der Waals surface area contributed by atoms with E-state index in [4.69, 9.17) is 33.3 Å². The second kappa shape index (κ2) is 13.1. The predicted octanol–water partition coefficient (Wildman–Crippen LogP) is 7.65. The molecule has 8 heteroatoms. The smallest absolute Gasteiger partial charge is 0.270 e. The van der Waals surface area contributed by atoms with Gasteiger partial charge in [0.15, 0.2) is 4.32 Å². The first kappa shape index (κ1) is 27.2. The second-order valence-electron chi connectivity index (χ2n) is 8.36. The maximum Gasteiger partial charge on any atom is 0.270 e. The summed E-state index contributed by atoms with van der Waals surface area (Å²) in [7, 11) is 0. The van der Waals surface area contributed by atoms with Gasteiger partial charge in [-0.25, -0.2) is 0 Å². The van der Waals surface area contributed by atoms with Crippen LogP contribution in [0.2, 0.25) is 5.02 Å². The Hall–Kier alpha value is -2.84. The molecule has 0 saturated carbocycles. The molecule has 192 valence electrons. The van der Waals surface area contributed by atoms with Gasteiger partial charge in [0.05, 0.1) is 17.2 Å². The third-order valence-electron chi connectivity index (χ3n) is 5.90. The van der Waals surface area contributed by atoms with Crippen molar-refractivity contribution in [3.63, 3.8) is 0 Å². The zero-order valence-electron chi connectivity index (χ0n) is 20.9. The Morgan fingerprint density at radius 2 is 1.51 bits per heavy atom. The van der Waals surface area contributed by atoms with Crippen molar-refractivity contribution >= 4 is 57.6 Å². The normalized spacial score (nSPS) is 14.6. The number of ether oxygens (including phenoxy) is 2. The van der Waals surface area contributed by atoms with Crippen LogP contribution in [0.15, 0.2) is 77.7 Å². The van der Waals surface area contributed by atoms with Crippen LogP contribution in [0.1, 0.15) is 25.8 Å². The maximum absolute atomic E-state index is 13.2. The molecule has 0 spiro atoms. The fraction of sp³-hybridized carbons (Fsp3) is 0.241. The molecule has 0 aromatic heterocycles. The fourth-order valence-electron chi connectivity index (χ4n) is 3.82. The number of thiocarbonyl (C=S) groups is 1. The van der Waals surface area contributed by atoms with Gasteiger partial charge < -0.3 is 14.4 Å². The van der Waals surface area contributed by atoms with Crippen LogP contribution in [0.4, 0.5) is 5.69 Å². The summed E-state index contributed by atoms with van der Waals surface area (Å²) in [6.07, 6.45) is 2.85. The molecular formula is C29H29ClN2O3S2. The van der Waals surface area contributed by atoms with Gasteiger partial charge >= 0.3 is 0 Å². The Balaban J connectivity index is 1.35. The van der Waals surface area contributed by atoms with Crippen molar-refractivity contribution in [2.75, 3.05) is 31.1 Å². The van der Waals surface area contributed by atoms with Crippen molar-refractivity contribution < 1.29 is 14.3 Å². The number of anilines is 1. The molecule has 0 bridgehead atoms. The minimum atomic E-state index is -0.141. The van der Waals surface area contributed by atoms with Crippen LogP contribution in [0, 0.1) is 0 Å². The maximum atomic E-state index is 13.2. The summed E-state index contributed by atoms with van der Waals surface area (Å²) in [6, 6.07) is 22.2. The molecule has 1 aliphatic heterocycles. The van der Waals surface area contributed by atoms with Crippen molar-refractivity contribution in [2.24, 2.45) is 0 Å². The van der Waals surface area contributed by atoms with Crippen molar-refractivity contribution in [1.82, 2.24) is 4.90 Å². The van der Waals surface area contributed by atoms with Crippen LogP contribution in [-0.4, -0.2) is 41.4 Å². The molecule has 5 nitrogen and oxygen atoms in total. The molecule has 1 amide bonds. The van der Waals surface area contributed by atoms with E-state index in [0.717, 1.165) is 37.4 Å². The van der Waals surface area contributed by atoms with E-state index < -0.39 is 0 Å². The SMILES string of the molecule is CCN(CC)CCCOc1ccc(C=C2SC(=S)N(c3ccc(Oc4ccc(Cl)cc4)cc3)C2=O)cc1. The Morgan fingerprint density at radius 3 is 2.14 bits per heavy atom. The summed E-state index contributed by atoms with van der Waals surface area (Å²) in [5.41, 5.74) is 1.62. The van der Waals surface area contributed by atoms with Gasteiger partial charge in [-0.1, -0.05) is 61.6 Å². The molecule has 0 N–H and O–H groups in total. The van der Waals surface area contributed by atoms with Crippen LogP contribution in [-0.2, 0) is 4.79 Å². The van der Waals surface area contributed by atoms with Gasteiger partial charge in [0.1, 0.15) is 17.2 Å². The molecule has 3 aromatic rings. The molecule has 3 aromatic carbocycles. The van der Waals surface area contributed by atoms with Crippen molar-refractivity contribution in [2.45, 2.75) is 20.3 Å². The van der Waals surface area contributed by atoms with E-state index >= 15 is 0 Å². The van der Waals surface area contributed by atoms with E-state index in [0.29, 0.717) is 38.0 Å². The second-order valence-corrected chi connectivity index (χ2v) is 10.5. The van der Waals surface area contributed by atoms with Crippen molar-refractivity contribution in [3.8, 4) is 17.2 Å². The summed E-state index contributed by atoms with van der Waals surface area (Å²) >= 11 is 12.7. The first-order chi connectivity index (χ1) is 18.0. The molecule has 0 aliphatic carbocycles. The third kappa shape index (κ3) is 7.36. The van der Waals surface area contributed by atoms with Crippen LogP contribution in [0.5, 0.6) is 17.2 Å². The minimum Gasteiger partial charge on any atom is -0.494 e. The molecule has 37 heavy (non-hydrogen) atoms. The number of rotatable bonds is 11. The molecule has 1 aliphatic rings. The highest BCUT2D eigenvalue weighted by Crippen LogP contribution is 2.37. The highest BCUT2D eigenvalue weighted by Gasteiger charge is 2.33. The van der Waals surface area contributed by atoms with Crippen LogP contribution >= 0.6 is 35.6 Å². The molecule has 1 fully saturated rings. The quantitative estimate of drug-likeness (QED) is 0.138. The van der Waals surface area contributed by atoms with E-state index in [1.807, 2.05) is 54.6 Å². The number of hydrogen-bond donors (Lipinski definition) is 0. The topological polar surface area (TPSA) is 42.0 Å². The Morgan fingerprint density at radius 1 is 0.919 bits per heavy atom. The summed E-state index contributed by atoms with van der Waals surface area (Å²) in [4.78, 5) is 17.7. The lowest BCUT2D eigenvalue weighted by Gasteiger charge is -2.17. The highest BCUT2D eigenvalue weighted by molar-refractivity contribution is 8.27. The van der Waals surface area contributed by atoms with Gasteiger partial charge in [-0.2, -0.15) is 0 Å². The van der Waals surface area contributed by atoms with Gasteiger partial charge in [0, 0.05) is 11.6 Å². The lowest BCUT2D eigenvalue weighted by Crippen LogP contribution is -2.27. The van der Waals surface area contributed by atoms with Gasteiger partial charge in [-0.05, 0) is 91.8 Å². The lowest BCUT2D eigenvalue weighted by molar-refractivity contribution is -0.113. The number of carbonyl (C=O) groups is 1. The zero-order chi connectivity index (χ0) is 26.2. The van der Waals surface area contributed by atoms with Crippen LogP contribution < -0.4 is 14.4 Å². The molecular weight excluding hydrogens is 524 g/mol.